The summed E-state index contributed by atoms with van der Waals surface area (Å²) in [5.74, 6) is 1.50. The van der Waals surface area contributed by atoms with Crippen LogP contribution in [0.15, 0.2) is 29.1 Å². The smallest absolute Gasteiger partial charge is 0.157 e. The van der Waals surface area contributed by atoms with E-state index < -0.39 is 0 Å². The zero-order valence-corrected chi connectivity index (χ0v) is 10.1. The van der Waals surface area contributed by atoms with E-state index in [4.69, 9.17) is 14.9 Å². The Bertz CT molecular complexity index is 474. The Hall–Kier alpha value is -1.75. The summed E-state index contributed by atoms with van der Waals surface area (Å²) in [6, 6.07) is 2.19. The first-order chi connectivity index (χ1) is 8.20. The summed E-state index contributed by atoms with van der Waals surface area (Å²) >= 11 is 0. The molecule has 0 aliphatic rings. The second kappa shape index (κ2) is 5.05. The molecule has 0 amide bonds. The van der Waals surface area contributed by atoms with E-state index in [2.05, 4.69) is 18.9 Å². The molecule has 2 rings (SSSR count). The molecule has 2 aromatic rings. The standard InChI is InChI=1S/C12H17N3O2/c1-9(2)15-7-11(6-14-15)17-8-12-10(5-13)3-4-16-12/h3-4,6-7,9H,5,8,13H2,1-2H3. The van der Waals surface area contributed by atoms with Crippen molar-refractivity contribution in [1.29, 1.82) is 0 Å². The maximum Gasteiger partial charge on any atom is 0.157 e. The van der Waals surface area contributed by atoms with Crippen LogP contribution in [0, 0.1) is 0 Å². The lowest BCUT2D eigenvalue weighted by Crippen LogP contribution is -2.02. The van der Waals surface area contributed by atoms with Gasteiger partial charge in [0, 0.05) is 18.2 Å². The molecule has 0 atom stereocenters. The fourth-order valence-corrected chi connectivity index (χ4v) is 1.50. The largest absolute Gasteiger partial charge is 0.482 e. The van der Waals surface area contributed by atoms with Crippen LogP contribution in [-0.4, -0.2) is 9.78 Å². The van der Waals surface area contributed by atoms with E-state index >= 15 is 0 Å². The van der Waals surface area contributed by atoms with E-state index in [9.17, 15) is 0 Å². The van der Waals surface area contributed by atoms with E-state index in [-0.39, 0.29) is 0 Å². The van der Waals surface area contributed by atoms with E-state index in [0.717, 1.165) is 17.1 Å². The molecule has 0 unspecified atom stereocenters. The Morgan fingerprint density at radius 3 is 3.00 bits per heavy atom. The van der Waals surface area contributed by atoms with Gasteiger partial charge in [-0.15, -0.1) is 0 Å². The number of furan rings is 1. The van der Waals surface area contributed by atoms with Gasteiger partial charge in [0.2, 0.25) is 0 Å². The average molecular weight is 235 g/mol. The Morgan fingerprint density at radius 2 is 2.35 bits per heavy atom. The van der Waals surface area contributed by atoms with Crippen molar-refractivity contribution < 1.29 is 9.15 Å². The third-order valence-corrected chi connectivity index (χ3v) is 2.53. The summed E-state index contributed by atoms with van der Waals surface area (Å²) in [5, 5.41) is 4.19. The summed E-state index contributed by atoms with van der Waals surface area (Å²) in [4.78, 5) is 0. The van der Waals surface area contributed by atoms with Crippen LogP contribution in [0.1, 0.15) is 31.2 Å². The molecule has 2 aromatic heterocycles. The minimum absolute atomic E-state index is 0.329. The summed E-state index contributed by atoms with van der Waals surface area (Å²) in [6.07, 6.45) is 5.19. The first-order valence-electron chi connectivity index (χ1n) is 5.63. The summed E-state index contributed by atoms with van der Waals surface area (Å²) in [7, 11) is 0. The SMILES string of the molecule is CC(C)n1cc(OCc2occc2CN)cn1. The van der Waals surface area contributed by atoms with Gasteiger partial charge < -0.3 is 14.9 Å². The molecule has 2 heterocycles. The van der Waals surface area contributed by atoms with Gasteiger partial charge in [0.1, 0.15) is 12.4 Å². The molecule has 5 nitrogen and oxygen atoms in total. The predicted octanol–water partition coefficient (Wildman–Crippen LogP) is 2.09. The molecule has 2 N–H and O–H groups in total. The average Bonchev–Trinajstić information content (AvgIpc) is 2.95. The van der Waals surface area contributed by atoms with Gasteiger partial charge in [-0.3, -0.25) is 4.68 Å². The first-order valence-corrected chi connectivity index (χ1v) is 5.63. The molecule has 0 bridgehead atoms. The quantitative estimate of drug-likeness (QED) is 0.861. The molecule has 5 heteroatoms. The monoisotopic (exact) mass is 235 g/mol. The number of nitrogens with zero attached hydrogens (tertiary/aromatic N) is 2. The summed E-state index contributed by atoms with van der Waals surface area (Å²) in [5.41, 5.74) is 6.55. The van der Waals surface area contributed by atoms with Crippen LogP contribution >= 0.6 is 0 Å². The molecular weight excluding hydrogens is 218 g/mol. The highest BCUT2D eigenvalue weighted by Gasteiger charge is 2.07. The second-order valence-electron chi connectivity index (χ2n) is 4.11. The Balaban J connectivity index is 1.97. The third kappa shape index (κ3) is 2.68. The normalized spacial score (nSPS) is 11.1. The molecule has 0 aliphatic heterocycles. The Morgan fingerprint density at radius 1 is 1.53 bits per heavy atom. The number of hydrogen-bond donors (Lipinski definition) is 1. The van der Waals surface area contributed by atoms with Crippen molar-refractivity contribution in [3.05, 3.63) is 36.0 Å². The molecule has 0 aliphatic carbocycles. The van der Waals surface area contributed by atoms with Crippen LogP contribution in [0.2, 0.25) is 0 Å². The van der Waals surface area contributed by atoms with Crippen molar-refractivity contribution in [1.82, 2.24) is 9.78 Å². The van der Waals surface area contributed by atoms with E-state index in [0.29, 0.717) is 19.2 Å². The number of nitrogens with two attached hydrogens (primary N) is 1. The second-order valence-corrected chi connectivity index (χ2v) is 4.11. The first kappa shape index (κ1) is 11.7. The Kier molecular flexibility index (Phi) is 3.49. The molecule has 0 saturated carbocycles. The van der Waals surface area contributed by atoms with Gasteiger partial charge in [-0.25, -0.2) is 0 Å². The van der Waals surface area contributed by atoms with Crippen LogP contribution in [0.3, 0.4) is 0 Å². The number of rotatable bonds is 5. The molecule has 17 heavy (non-hydrogen) atoms. The molecule has 0 fully saturated rings. The van der Waals surface area contributed by atoms with Crippen LogP contribution in [-0.2, 0) is 13.2 Å². The molecule has 0 aromatic carbocycles. The van der Waals surface area contributed by atoms with Gasteiger partial charge >= 0.3 is 0 Å². The maximum atomic E-state index is 5.59. The number of ether oxygens (including phenoxy) is 1. The zero-order valence-electron chi connectivity index (χ0n) is 10.1. The summed E-state index contributed by atoms with van der Waals surface area (Å²) < 4.78 is 12.7. The fraction of sp³-hybridized carbons (Fsp3) is 0.417. The summed E-state index contributed by atoms with van der Waals surface area (Å²) in [6.45, 7) is 4.97. The van der Waals surface area contributed by atoms with Crippen molar-refractivity contribution >= 4 is 0 Å². The predicted molar refractivity (Wildman–Crippen MR) is 63.5 cm³/mol. The van der Waals surface area contributed by atoms with E-state index in [1.807, 2.05) is 16.9 Å². The van der Waals surface area contributed by atoms with Crippen LogP contribution in [0.4, 0.5) is 0 Å². The zero-order chi connectivity index (χ0) is 12.3. The minimum Gasteiger partial charge on any atom is -0.482 e. The van der Waals surface area contributed by atoms with Crippen LogP contribution in [0.5, 0.6) is 5.75 Å². The van der Waals surface area contributed by atoms with Crippen molar-refractivity contribution in [2.75, 3.05) is 0 Å². The van der Waals surface area contributed by atoms with Crippen LogP contribution < -0.4 is 10.5 Å². The molecule has 0 saturated heterocycles. The lowest BCUT2D eigenvalue weighted by Gasteiger charge is -2.04. The van der Waals surface area contributed by atoms with Gasteiger partial charge in [0.15, 0.2) is 5.75 Å². The lowest BCUT2D eigenvalue weighted by atomic mass is 10.2. The molecular formula is C12H17N3O2. The highest BCUT2D eigenvalue weighted by molar-refractivity contribution is 5.18. The van der Waals surface area contributed by atoms with Crippen molar-refractivity contribution in [2.24, 2.45) is 5.73 Å². The number of aromatic nitrogens is 2. The third-order valence-electron chi connectivity index (χ3n) is 2.53. The highest BCUT2D eigenvalue weighted by Crippen LogP contribution is 2.16. The van der Waals surface area contributed by atoms with Crippen molar-refractivity contribution in [2.45, 2.75) is 33.0 Å². The van der Waals surface area contributed by atoms with Crippen molar-refractivity contribution in [3.63, 3.8) is 0 Å². The van der Waals surface area contributed by atoms with Crippen LogP contribution in [0.25, 0.3) is 0 Å². The van der Waals surface area contributed by atoms with Gasteiger partial charge in [-0.05, 0) is 19.9 Å². The topological polar surface area (TPSA) is 66.2 Å². The van der Waals surface area contributed by atoms with Gasteiger partial charge in [0.25, 0.3) is 0 Å². The maximum absolute atomic E-state index is 5.59. The fourth-order valence-electron chi connectivity index (χ4n) is 1.50. The minimum atomic E-state index is 0.329. The van der Waals surface area contributed by atoms with E-state index in [1.165, 1.54) is 0 Å². The number of hydrogen-bond acceptors (Lipinski definition) is 4. The molecule has 0 spiro atoms. The van der Waals surface area contributed by atoms with Gasteiger partial charge in [-0.1, -0.05) is 0 Å². The van der Waals surface area contributed by atoms with Gasteiger partial charge in [-0.2, -0.15) is 5.10 Å². The van der Waals surface area contributed by atoms with Gasteiger partial charge in [0.05, 0.1) is 18.7 Å². The van der Waals surface area contributed by atoms with E-state index in [1.54, 1.807) is 12.5 Å². The Labute approximate surface area is 100 Å². The van der Waals surface area contributed by atoms with Crippen molar-refractivity contribution in [3.8, 4) is 5.75 Å². The molecule has 0 radical (unpaired) electrons. The molecule has 92 valence electrons. The lowest BCUT2D eigenvalue weighted by molar-refractivity contribution is 0.268. The highest BCUT2D eigenvalue weighted by atomic mass is 16.5.